The van der Waals surface area contributed by atoms with Gasteiger partial charge in [-0.25, -0.2) is 0 Å². The van der Waals surface area contributed by atoms with Crippen LogP contribution in [0.1, 0.15) is 12.5 Å². The standard InChI is InChI=1S/C14H19N3O3S/c1-11(18)10-16-6-8-17(9-7-16)14-12-4-2-3-5-13(12)21(19,20)15-14/h2-5,11,18H,6-10H2,1H3/p+1/t11-/m1/s1. The summed E-state index contributed by atoms with van der Waals surface area (Å²) in [6.45, 7) is 5.80. The average Bonchev–Trinajstić information content (AvgIpc) is 2.72. The number of aliphatic hydroxyl groups is 1. The third kappa shape index (κ3) is 2.81. The lowest BCUT2D eigenvalue weighted by Gasteiger charge is -2.33. The van der Waals surface area contributed by atoms with Crippen LogP contribution in [0.2, 0.25) is 0 Å². The molecule has 0 aliphatic carbocycles. The first-order valence-corrected chi connectivity index (χ1v) is 8.62. The van der Waals surface area contributed by atoms with Crippen LogP contribution in [0.5, 0.6) is 0 Å². The van der Waals surface area contributed by atoms with E-state index in [0.29, 0.717) is 16.3 Å². The Hall–Kier alpha value is -1.44. The van der Waals surface area contributed by atoms with E-state index in [9.17, 15) is 13.5 Å². The van der Waals surface area contributed by atoms with Crippen LogP contribution < -0.4 is 4.90 Å². The Morgan fingerprint density at radius 2 is 2.00 bits per heavy atom. The van der Waals surface area contributed by atoms with Gasteiger partial charge in [0.1, 0.15) is 17.5 Å². The molecular formula is C14H20N3O3S+. The Balaban J connectivity index is 1.78. The van der Waals surface area contributed by atoms with E-state index < -0.39 is 10.0 Å². The first-order valence-electron chi connectivity index (χ1n) is 7.18. The van der Waals surface area contributed by atoms with E-state index in [1.54, 1.807) is 19.1 Å². The van der Waals surface area contributed by atoms with Crippen LogP contribution in [-0.2, 0) is 10.0 Å². The number of nitrogens with one attached hydrogen (secondary N) is 1. The zero-order valence-electron chi connectivity index (χ0n) is 12.0. The van der Waals surface area contributed by atoms with Crippen LogP contribution in [-0.4, -0.2) is 63.1 Å². The molecule has 1 fully saturated rings. The van der Waals surface area contributed by atoms with Crippen molar-refractivity contribution in [3.63, 3.8) is 0 Å². The van der Waals surface area contributed by atoms with E-state index in [1.165, 1.54) is 4.90 Å². The van der Waals surface area contributed by atoms with Crippen molar-refractivity contribution in [3.05, 3.63) is 29.8 Å². The second kappa shape index (κ2) is 5.40. The number of aliphatic hydroxyl groups excluding tert-OH is 1. The van der Waals surface area contributed by atoms with Crippen molar-refractivity contribution in [1.82, 2.24) is 4.90 Å². The van der Waals surface area contributed by atoms with Gasteiger partial charge in [0.15, 0.2) is 5.84 Å². The molecule has 6 nitrogen and oxygen atoms in total. The maximum Gasteiger partial charge on any atom is 0.285 e. The molecular weight excluding hydrogens is 290 g/mol. The molecule has 1 saturated heterocycles. The maximum absolute atomic E-state index is 12.1. The Bertz CT molecular complexity index is 662. The number of quaternary nitrogens is 1. The number of fused-ring (bicyclic) bond motifs is 1. The van der Waals surface area contributed by atoms with Gasteiger partial charge in [0.25, 0.3) is 10.0 Å². The van der Waals surface area contributed by atoms with Crippen LogP contribution in [0.15, 0.2) is 33.6 Å². The Kier molecular flexibility index (Phi) is 3.73. The van der Waals surface area contributed by atoms with Gasteiger partial charge in [0, 0.05) is 5.56 Å². The minimum atomic E-state index is -3.54. The highest BCUT2D eigenvalue weighted by Crippen LogP contribution is 2.27. The smallest absolute Gasteiger partial charge is 0.285 e. The summed E-state index contributed by atoms with van der Waals surface area (Å²) >= 11 is 0. The Labute approximate surface area is 124 Å². The molecule has 114 valence electrons. The van der Waals surface area contributed by atoms with Gasteiger partial charge in [0.05, 0.1) is 26.2 Å². The summed E-state index contributed by atoms with van der Waals surface area (Å²) in [5.41, 5.74) is 0.705. The lowest BCUT2D eigenvalue weighted by Crippen LogP contribution is -3.15. The normalized spacial score (nSPS) is 22.8. The van der Waals surface area contributed by atoms with Crippen LogP contribution in [0.3, 0.4) is 0 Å². The van der Waals surface area contributed by atoms with Crippen LogP contribution in [0.4, 0.5) is 0 Å². The molecule has 21 heavy (non-hydrogen) atoms. The number of amidine groups is 1. The number of piperazine rings is 1. The molecule has 0 bridgehead atoms. The third-order valence-electron chi connectivity index (χ3n) is 3.97. The summed E-state index contributed by atoms with van der Waals surface area (Å²) < 4.78 is 28.1. The first-order chi connectivity index (χ1) is 9.97. The van der Waals surface area contributed by atoms with Gasteiger partial charge in [-0.1, -0.05) is 12.1 Å². The fourth-order valence-corrected chi connectivity index (χ4v) is 4.20. The third-order valence-corrected chi connectivity index (χ3v) is 5.29. The highest BCUT2D eigenvalue weighted by Gasteiger charge is 2.33. The predicted molar refractivity (Wildman–Crippen MR) is 79.0 cm³/mol. The molecule has 2 aliphatic heterocycles. The van der Waals surface area contributed by atoms with Crippen molar-refractivity contribution in [2.45, 2.75) is 17.9 Å². The van der Waals surface area contributed by atoms with Crippen LogP contribution in [0.25, 0.3) is 0 Å². The SMILES string of the molecule is C[C@@H](O)C[NH+]1CCN(C2=NS(=O)(=O)c3ccccc32)CC1. The zero-order chi connectivity index (χ0) is 15.0. The topological polar surface area (TPSA) is 74.4 Å². The molecule has 1 aromatic rings. The minimum absolute atomic E-state index is 0.304. The van der Waals surface area contributed by atoms with Crippen molar-refractivity contribution in [2.24, 2.45) is 4.40 Å². The van der Waals surface area contributed by atoms with Crippen molar-refractivity contribution in [3.8, 4) is 0 Å². The van der Waals surface area contributed by atoms with Gasteiger partial charge in [-0.2, -0.15) is 8.42 Å². The highest BCUT2D eigenvalue weighted by molar-refractivity contribution is 7.90. The molecule has 7 heteroatoms. The second-order valence-corrected chi connectivity index (χ2v) is 7.25. The monoisotopic (exact) mass is 310 g/mol. The molecule has 2 aliphatic rings. The summed E-state index contributed by atoms with van der Waals surface area (Å²) in [4.78, 5) is 3.68. The minimum Gasteiger partial charge on any atom is -0.388 e. The summed E-state index contributed by atoms with van der Waals surface area (Å²) in [7, 11) is -3.54. The molecule has 0 radical (unpaired) electrons. The van der Waals surface area contributed by atoms with Gasteiger partial charge in [-0.15, -0.1) is 4.40 Å². The number of sulfonamides is 1. The molecule has 1 aromatic carbocycles. The summed E-state index contributed by atoms with van der Waals surface area (Å²) in [5, 5.41) is 9.44. The van der Waals surface area contributed by atoms with Gasteiger partial charge in [0.2, 0.25) is 0 Å². The van der Waals surface area contributed by atoms with E-state index in [1.807, 2.05) is 17.0 Å². The number of hydrogen-bond donors (Lipinski definition) is 2. The van der Waals surface area contributed by atoms with Crippen LogP contribution >= 0.6 is 0 Å². The molecule has 2 heterocycles. The molecule has 1 atom stereocenters. The summed E-state index contributed by atoms with van der Waals surface area (Å²) in [5.74, 6) is 0.571. The number of nitrogens with zero attached hydrogens (tertiary/aromatic N) is 2. The first kappa shape index (κ1) is 14.5. The summed E-state index contributed by atoms with van der Waals surface area (Å²) in [6.07, 6.45) is -0.309. The van der Waals surface area contributed by atoms with Gasteiger partial charge < -0.3 is 14.9 Å². The van der Waals surface area contributed by atoms with Crippen molar-refractivity contribution >= 4 is 15.9 Å². The highest BCUT2D eigenvalue weighted by atomic mass is 32.2. The quantitative estimate of drug-likeness (QED) is 0.713. The van der Waals surface area contributed by atoms with Crippen molar-refractivity contribution in [1.29, 1.82) is 0 Å². The maximum atomic E-state index is 12.1. The molecule has 3 rings (SSSR count). The number of hydrogen-bond acceptors (Lipinski definition) is 4. The lowest BCUT2D eigenvalue weighted by atomic mass is 10.1. The fraction of sp³-hybridized carbons (Fsp3) is 0.500. The molecule has 0 spiro atoms. The largest absolute Gasteiger partial charge is 0.388 e. The Morgan fingerprint density at radius 1 is 1.33 bits per heavy atom. The molecule has 0 aromatic heterocycles. The molecule has 0 unspecified atom stereocenters. The molecule has 2 N–H and O–H groups in total. The lowest BCUT2D eigenvalue weighted by molar-refractivity contribution is -0.906. The fourth-order valence-electron chi connectivity index (χ4n) is 2.97. The van der Waals surface area contributed by atoms with Gasteiger partial charge in [-0.05, 0) is 19.1 Å². The number of rotatable bonds is 2. The number of benzene rings is 1. The van der Waals surface area contributed by atoms with E-state index in [2.05, 4.69) is 4.40 Å². The van der Waals surface area contributed by atoms with E-state index in [4.69, 9.17) is 0 Å². The summed E-state index contributed by atoms with van der Waals surface area (Å²) in [6, 6.07) is 6.98. The zero-order valence-corrected chi connectivity index (χ0v) is 12.8. The van der Waals surface area contributed by atoms with E-state index in [-0.39, 0.29) is 6.10 Å². The van der Waals surface area contributed by atoms with Crippen molar-refractivity contribution in [2.75, 3.05) is 32.7 Å². The Morgan fingerprint density at radius 3 is 2.67 bits per heavy atom. The van der Waals surface area contributed by atoms with Crippen LogP contribution in [0, 0.1) is 0 Å². The average molecular weight is 310 g/mol. The molecule has 0 amide bonds. The van der Waals surface area contributed by atoms with E-state index >= 15 is 0 Å². The molecule has 0 saturated carbocycles. The second-order valence-electron chi connectivity index (χ2n) is 5.68. The predicted octanol–water partition coefficient (Wildman–Crippen LogP) is -1.28. The van der Waals surface area contributed by atoms with E-state index in [0.717, 1.165) is 32.7 Å². The van der Waals surface area contributed by atoms with Crippen molar-refractivity contribution < 1.29 is 18.4 Å². The van der Waals surface area contributed by atoms with Gasteiger partial charge in [-0.3, -0.25) is 0 Å². The van der Waals surface area contributed by atoms with Gasteiger partial charge >= 0.3 is 0 Å².